The zero-order valence-electron chi connectivity index (χ0n) is 16.8. The first-order chi connectivity index (χ1) is 14.3. The molecule has 0 N–H and O–H groups in total. The van der Waals surface area contributed by atoms with E-state index in [1.165, 1.54) is 39.5 Å². The molecule has 1 aliphatic heterocycles. The second-order valence-corrected chi connectivity index (χ2v) is 8.75. The number of carbonyl (C=O) groups excluding carboxylic acids is 1. The first-order valence-corrected chi connectivity index (χ1v) is 11.2. The van der Waals surface area contributed by atoms with Crippen LogP contribution in [0.15, 0.2) is 47.4 Å². The molecule has 0 saturated heterocycles. The Morgan fingerprint density at radius 3 is 2.40 bits per heavy atom. The fraction of sp³-hybridized carbons (Fsp3) is 0.381. The van der Waals surface area contributed by atoms with Crippen molar-refractivity contribution in [1.29, 1.82) is 0 Å². The quantitative estimate of drug-likeness (QED) is 0.657. The number of carbonyl (C=O) groups is 1. The molecule has 30 heavy (non-hydrogen) atoms. The van der Waals surface area contributed by atoms with Crippen LogP contribution < -0.4 is 9.64 Å². The van der Waals surface area contributed by atoms with Gasteiger partial charge >= 0.3 is 6.61 Å². The fourth-order valence-corrected chi connectivity index (χ4v) is 5.11. The predicted molar refractivity (Wildman–Crippen MR) is 110 cm³/mol. The predicted octanol–water partition coefficient (Wildman–Crippen LogP) is 3.91. The number of ether oxygens (including phenoxy) is 1. The summed E-state index contributed by atoms with van der Waals surface area (Å²) in [4.78, 5) is 14.7. The highest BCUT2D eigenvalue weighted by atomic mass is 32.2. The average Bonchev–Trinajstić information content (AvgIpc) is 2.73. The first-order valence-electron chi connectivity index (χ1n) is 9.78. The van der Waals surface area contributed by atoms with Crippen molar-refractivity contribution in [3.63, 3.8) is 0 Å². The molecule has 0 unspecified atom stereocenters. The maximum absolute atomic E-state index is 13.1. The van der Waals surface area contributed by atoms with Crippen LogP contribution in [-0.2, 0) is 16.4 Å². The molecule has 1 amide bonds. The Balaban J connectivity index is 1.92. The summed E-state index contributed by atoms with van der Waals surface area (Å²) in [5.41, 5.74) is 1.37. The van der Waals surface area contributed by atoms with E-state index in [0.717, 1.165) is 5.56 Å². The molecular weight excluding hydrogens is 414 g/mol. The Hall–Kier alpha value is -2.52. The van der Waals surface area contributed by atoms with Crippen LogP contribution in [0.1, 0.15) is 36.2 Å². The summed E-state index contributed by atoms with van der Waals surface area (Å²) in [6.45, 7) is 1.56. The van der Waals surface area contributed by atoms with Gasteiger partial charge in [0.25, 0.3) is 5.91 Å². The maximum Gasteiger partial charge on any atom is 0.387 e. The van der Waals surface area contributed by atoms with Crippen molar-refractivity contribution in [3.05, 3.63) is 53.6 Å². The van der Waals surface area contributed by atoms with Crippen molar-refractivity contribution in [2.75, 3.05) is 24.5 Å². The van der Waals surface area contributed by atoms with Crippen molar-refractivity contribution < 1.29 is 26.7 Å². The van der Waals surface area contributed by atoms with Gasteiger partial charge in [0.1, 0.15) is 5.75 Å². The van der Waals surface area contributed by atoms with Gasteiger partial charge in [-0.25, -0.2) is 8.42 Å². The number of hydrogen-bond donors (Lipinski definition) is 0. The van der Waals surface area contributed by atoms with E-state index >= 15 is 0 Å². The van der Waals surface area contributed by atoms with Crippen molar-refractivity contribution in [2.24, 2.45) is 0 Å². The number of rotatable bonds is 7. The smallest absolute Gasteiger partial charge is 0.387 e. The monoisotopic (exact) mass is 438 g/mol. The van der Waals surface area contributed by atoms with Crippen LogP contribution in [0.5, 0.6) is 5.75 Å². The number of aryl methyl sites for hydroxylation is 1. The minimum Gasteiger partial charge on any atom is -0.433 e. The van der Waals surface area contributed by atoms with Crippen LogP contribution in [0.4, 0.5) is 14.5 Å². The summed E-state index contributed by atoms with van der Waals surface area (Å²) in [5, 5.41) is 0. The molecule has 162 valence electrons. The number of benzene rings is 2. The summed E-state index contributed by atoms with van der Waals surface area (Å²) in [6.07, 6.45) is 1.34. The van der Waals surface area contributed by atoms with E-state index < -0.39 is 22.5 Å². The Morgan fingerprint density at radius 1 is 1.13 bits per heavy atom. The Bertz CT molecular complexity index is 1010. The topological polar surface area (TPSA) is 66.9 Å². The molecule has 6 nitrogen and oxygen atoms in total. The normalized spacial score (nSPS) is 14.1. The molecule has 0 aliphatic carbocycles. The third-order valence-electron chi connectivity index (χ3n) is 5.09. The van der Waals surface area contributed by atoms with Gasteiger partial charge in [0.2, 0.25) is 10.0 Å². The highest BCUT2D eigenvalue weighted by molar-refractivity contribution is 7.89. The van der Waals surface area contributed by atoms with Crippen LogP contribution in [0.25, 0.3) is 0 Å². The van der Waals surface area contributed by atoms with E-state index in [9.17, 15) is 22.0 Å². The molecule has 1 heterocycles. The largest absolute Gasteiger partial charge is 0.433 e. The van der Waals surface area contributed by atoms with Gasteiger partial charge in [-0.3, -0.25) is 4.79 Å². The Labute approximate surface area is 175 Å². The number of halogens is 2. The lowest BCUT2D eigenvalue weighted by molar-refractivity contribution is -0.0495. The molecule has 0 radical (unpaired) electrons. The van der Waals surface area contributed by atoms with E-state index in [2.05, 4.69) is 4.74 Å². The van der Waals surface area contributed by atoms with E-state index in [0.29, 0.717) is 38.2 Å². The first kappa shape index (κ1) is 22.2. The summed E-state index contributed by atoms with van der Waals surface area (Å²) in [5.74, 6) is -0.440. The van der Waals surface area contributed by atoms with Crippen molar-refractivity contribution in [2.45, 2.75) is 38.2 Å². The lowest BCUT2D eigenvalue weighted by Gasteiger charge is -2.31. The molecule has 0 fully saturated rings. The van der Waals surface area contributed by atoms with Crippen LogP contribution >= 0.6 is 0 Å². The van der Waals surface area contributed by atoms with Gasteiger partial charge in [0, 0.05) is 25.2 Å². The molecule has 2 aromatic carbocycles. The Morgan fingerprint density at radius 2 is 1.80 bits per heavy atom. The molecule has 1 aliphatic rings. The van der Waals surface area contributed by atoms with Crippen molar-refractivity contribution >= 4 is 21.6 Å². The van der Waals surface area contributed by atoms with Gasteiger partial charge < -0.3 is 9.64 Å². The number of nitrogens with zero attached hydrogens (tertiary/aromatic N) is 2. The number of hydrogen-bond acceptors (Lipinski definition) is 4. The van der Waals surface area contributed by atoms with E-state index in [1.807, 2.05) is 0 Å². The second kappa shape index (κ2) is 9.09. The summed E-state index contributed by atoms with van der Waals surface area (Å²) in [6, 6.07) is 10.5. The molecule has 0 bridgehead atoms. The van der Waals surface area contributed by atoms with Crippen molar-refractivity contribution in [1.82, 2.24) is 4.31 Å². The maximum atomic E-state index is 13.1. The van der Waals surface area contributed by atoms with E-state index in [1.54, 1.807) is 26.0 Å². The number of alkyl halides is 2. The van der Waals surface area contributed by atoms with Gasteiger partial charge in [-0.1, -0.05) is 26.0 Å². The SMILES string of the molecule is CCN(CC)S(=O)(=O)c1ccc(C(=O)N2CCCc3cccc(OC(F)F)c32)cc1. The van der Waals surface area contributed by atoms with E-state index in [-0.39, 0.29) is 16.2 Å². The van der Waals surface area contributed by atoms with Crippen molar-refractivity contribution in [3.8, 4) is 5.75 Å². The van der Waals surface area contributed by atoms with Crippen LogP contribution in [-0.4, -0.2) is 44.9 Å². The molecule has 2 aromatic rings. The van der Waals surface area contributed by atoms with Gasteiger partial charge in [0.05, 0.1) is 10.6 Å². The summed E-state index contributed by atoms with van der Waals surface area (Å²) >= 11 is 0. The van der Waals surface area contributed by atoms with Gasteiger partial charge in [-0.2, -0.15) is 13.1 Å². The molecular formula is C21H24F2N2O4S. The lowest BCUT2D eigenvalue weighted by Crippen LogP contribution is -2.36. The number of anilines is 1. The Kier molecular flexibility index (Phi) is 6.72. The van der Waals surface area contributed by atoms with Gasteiger partial charge in [0.15, 0.2) is 0 Å². The van der Waals surface area contributed by atoms with Crippen LogP contribution in [0.3, 0.4) is 0 Å². The van der Waals surface area contributed by atoms with Gasteiger partial charge in [-0.15, -0.1) is 0 Å². The number of para-hydroxylation sites is 1. The molecule has 0 saturated carbocycles. The minimum absolute atomic E-state index is 0.0451. The zero-order chi connectivity index (χ0) is 21.9. The lowest BCUT2D eigenvalue weighted by atomic mass is 10.00. The highest BCUT2D eigenvalue weighted by Crippen LogP contribution is 2.38. The van der Waals surface area contributed by atoms with Crippen LogP contribution in [0, 0.1) is 0 Å². The second-order valence-electron chi connectivity index (χ2n) is 6.82. The molecule has 3 rings (SSSR count). The fourth-order valence-electron chi connectivity index (χ4n) is 3.65. The zero-order valence-corrected chi connectivity index (χ0v) is 17.7. The van der Waals surface area contributed by atoms with E-state index in [4.69, 9.17) is 0 Å². The number of fused-ring (bicyclic) bond motifs is 1. The van der Waals surface area contributed by atoms with Gasteiger partial charge in [-0.05, 0) is 48.7 Å². The standard InChI is InChI=1S/C21H24F2N2O4S/c1-3-24(4-2)30(27,28)17-12-10-16(11-13-17)20(26)25-14-6-8-15-7-5-9-18(19(15)25)29-21(22)23/h5,7,9-13,21H,3-4,6,8,14H2,1-2H3. The highest BCUT2D eigenvalue weighted by Gasteiger charge is 2.28. The number of sulfonamides is 1. The molecule has 0 aromatic heterocycles. The third kappa shape index (κ3) is 4.32. The summed E-state index contributed by atoms with van der Waals surface area (Å²) < 4.78 is 56.9. The molecule has 9 heteroatoms. The van der Waals surface area contributed by atoms with Crippen LogP contribution in [0.2, 0.25) is 0 Å². The molecule has 0 atom stereocenters. The third-order valence-corrected chi connectivity index (χ3v) is 7.15. The number of amides is 1. The molecule has 0 spiro atoms. The summed E-state index contributed by atoms with van der Waals surface area (Å²) in [7, 11) is -3.63. The average molecular weight is 438 g/mol. The minimum atomic E-state index is -3.63.